The van der Waals surface area contributed by atoms with Crippen molar-refractivity contribution in [2.45, 2.75) is 6.92 Å². The maximum atomic E-state index is 12.8. The Kier molecular flexibility index (Phi) is 4.53. The number of nitrogens with one attached hydrogen (secondary N) is 2. The third-order valence-corrected chi connectivity index (χ3v) is 6.27. The van der Waals surface area contributed by atoms with Crippen LogP contribution in [0.15, 0.2) is 59.4 Å². The number of aromatic nitrogens is 4. The van der Waals surface area contributed by atoms with Gasteiger partial charge >= 0.3 is 0 Å². The number of hydrogen-bond acceptors (Lipinski definition) is 6. The van der Waals surface area contributed by atoms with E-state index in [0.717, 1.165) is 16.1 Å². The number of rotatable bonds is 5. The van der Waals surface area contributed by atoms with Crippen molar-refractivity contribution in [2.75, 3.05) is 5.32 Å². The lowest BCUT2D eigenvalue weighted by atomic mass is 10.1. The predicted octanol–water partition coefficient (Wildman–Crippen LogP) is 4.67. The highest BCUT2D eigenvalue weighted by molar-refractivity contribution is 7.15. The van der Waals surface area contributed by atoms with Crippen molar-refractivity contribution in [3.05, 3.63) is 70.7 Å². The predicted molar refractivity (Wildman–Crippen MR) is 119 cm³/mol. The maximum Gasteiger partial charge on any atom is 0.298 e. The number of fused-ring (bicyclic) bond motifs is 1. The van der Waals surface area contributed by atoms with E-state index in [9.17, 15) is 9.59 Å². The number of amides is 1. The molecule has 0 unspecified atom stereocenters. The second-order valence-corrected chi connectivity index (χ2v) is 8.39. The zero-order valence-corrected chi connectivity index (χ0v) is 17.4. The average Bonchev–Trinajstić information content (AvgIpc) is 3.52. The molecular weight excluding hydrogens is 418 g/mol. The number of hydrogen-bond donors (Lipinski definition) is 2. The minimum absolute atomic E-state index is 0.333. The van der Waals surface area contributed by atoms with Gasteiger partial charge in [0.15, 0.2) is 0 Å². The molecule has 30 heavy (non-hydrogen) atoms. The van der Waals surface area contributed by atoms with E-state index in [1.807, 2.05) is 54.1 Å². The summed E-state index contributed by atoms with van der Waals surface area (Å²) in [4.78, 5) is 34.2. The Morgan fingerprint density at radius 2 is 2.00 bits per heavy atom. The van der Waals surface area contributed by atoms with Gasteiger partial charge in [-0.2, -0.15) is 9.78 Å². The molecule has 9 heteroatoms. The second-order valence-electron chi connectivity index (χ2n) is 6.61. The number of anilines is 1. The summed E-state index contributed by atoms with van der Waals surface area (Å²) in [6.45, 7) is 1.82. The third kappa shape index (κ3) is 3.23. The minimum atomic E-state index is -0.726. The fraction of sp³-hybridized carbons (Fsp3) is 0.0476. The second kappa shape index (κ2) is 7.36. The summed E-state index contributed by atoms with van der Waals surface area (Å²) >= 11 is 3.02. The number of nitrogens with zero attached hydrogens (tertiary/aromatic N) is 3. The fourth-order valence-electron chi connectivity index (χ4n) is 3.19. The van der Waals surface area contributed by atoms with Crippen LogP contribution in [-0.2, 0) is 4.79 Å². The van der Waals surface area contributed by atoms with Crippen molar-refractivity contribution >= 4 is 51.1 Å². The first kappa shape index (κ1) is 18.5. The van der Waals surface area contributed by atoms with Gasteiger partial charge in [0.05, 0.1) is 21.8 Å². The summed E-state index contributed by atoms with van der Waals surface area (Å²) in [6, 6.07) is 13.1. The molecule has 2 N–H and O–H groups in total. The molecule has 1 amide bonds. The van der Waals surface area contributed by atoms with Crippen LogP contribution in [-0.4, -0.2) is 31.4 Å². The van der Waals surface area contributed by atoms with Crippen LogP contribution in [0.1, 0.15) is 16.1 Å². The first-order valence-electron chi connectivity index (χ1n) is 9.08. The number of Topliss-reactive ketones (excluding diaryl/α,β-unsaturated/α-hetero) is 1. The van der Waals surface area contributed by atoms with Crippen molar-refractivity contribution in [2.24, 2.45) is 0 Å². The summed E-state index contributed by atoms with van der Waals surface area (Å²) in [5.41, 5.74) is 2.70. The highest BCUT2D eigenvalue weighted by Gasteiger charge is 2.22. The Hall–Kier alpha value is -3.56. The van der Waals surface area contributed by atoms with E-state index in [-0.39, 0.29) is 0 Å². The summed E-state index contributed by atoms with van der Waals surface area (Å²) < 4.78 is 1.55. The van der Waals surface area contributed by atoms with Gasteiger partial charge in [0.1, 0.15) is 5.82 Å². The molecule has 5 aromatic rings. The molecule has 4 heterocycles. The Labute approximate surface area is 179 Å². The molecule has 0 aliphatic rings. The monoisotopic (exact) mass is 433 g/mol. The molecule has 1 aromatic carbocycles. The molecule has 148 valence electrons. The van der Waals surface area contributed by atoms with Gasteiger partial charge in [0.25, 0.3) is 11.7 Å². The zero-order chi connectivity index (χ0) is 20.7. The molecule has 4 aromatic heterocycles. The number of carbonyl (C=O) groups is 2. The maximum absolute atomic E-state index is 12.8. The van der Waals surface area contributed by atoms with Crippen LogP contribution in [0.2, 0.25) is 0 Å². The molecule has 7 nitrogen and oxygen atoms in total. The summed E-state index contributed by atoms with van der Waals surface area (Å²) in [6.07, 6.45) is 1.56. The number of para-hydroxylation sites is 1. The van der Waals surface area contributed by atoms with Crippen LogP contribution in [0, 0.1) is 6.92 Å². The van der Waals surface area contributed by atoms with Crippen molar-refractivity contribution < 1.29 is 9.59 Å². The Balaban J connectivity index is 1.43. The van der Waals surface area contributed by atoms with E-state index in [1.165, 1.54) is 11.3 Å². The molecule has 0 radical (unpaired) electrons. The molecule has 0 bridgehead atoms. The van der Waals surface area contributed by atoms with Crippen molar-refractivity contribution in [3.8, 4) is 15.7 Å². The van der Waals surface area contributed by atoms with E-state index in [2.05, 4.69) is 20.4 Å². The van der Waals surface area contributed by atoms with Crippen LogP contribution < -0.4 is 5.32 Å². The van der Waals surface area contributed by atoms with Gasteiger partial charge in [-0.3, -0.25) is 9.59 Å². The highest BCUT2D eigenvalue weighted by Crippen LogP contribution is 2.29. The van der Waals surface area contributed by atoms with Crippen LogP contribution in [0.3, 0.4) is 0 Å². The van der Waals surface area contributed by atoms with Gasteiger partial charge in [0.2, 0.25) is 5.13 Å². The van der Waals surface area contributed by atoms with Crippen molar-refractivity contribution in [3.63, 3.8) is 0 Å². The number of aryl methyl sites for hydroxylation is 1. The van der Waals surface area contributed by atoms with Gasteiger partial charge in [-0.1, -0.05) is 24.3 Å². The lowest BCUT2D eigenvalue weighted by Crippen LogP contribution is -2.24. The molecule has 0 fully saturated rings. The average molecular weight is 434 g/mol. The number of benzene rings is 1. The van der Waals surface area contributed by atoms with E-state index >= 15 is 0 Å². The van der Waals surface area contributed by atoms with Crippen molar-refractivity contribution in [1.29, 1.82) is 0 Å². The van der Waals surface area contributed by atoms with Gasteiger partial charge in [0, 0.05) is 28.5 Å². The number of aromatic amines is 1. The first-order valence-corrected chi connectivity index (χ1v) is 10.8. The Morgan fingerprint density at radius 1 is 1.13 bits per heavy atom. The molecule has 0 spiro atoms. The van der Waals surface area contributed by atoms with Crippen LogP contribution in [0.4, 0.5) is 5.82 Å². The van der Waals surface area contributed by atoms with Gasteiger partial charge in [-0.05, 0) is 24.4 Å². The Morgan fingerprint density at radius 3 is 2.83 bits per heavy atom. The van der Waals surface area contributed by atoms with Crippen LogP contribution in [0.25, 0.3) is 26.6 Å². The van der Waals surface area contributed by atoms with Gasteiger partial charge in [-0.15, -0.1) is 22.7 Å². The van der Waals surface area contributed by atoms with Crippen molar-refractivity contribution in [1.82, 2.24) is 19.7 Å². The molecular formula is C21H15N5O2S2. The number of ketones is 1. The largest absolute Gasteiger partial charge is 0.360 e. The quantitative estimate of drug-likeness (QED) is 0.311. The lowest BCUT2D eigenvalue weighted by Gasteiger charge is -2.05. The molecule has 0 atom stereocenters. The topological polar surface area (TPSA) is 92.7 Å². The third-order valence-electron chi connectivity index (χ3n) is 4.56. The van der Waals surface area contributed by atoms with E-state index in [0.29, 0.717) is 27.6 Å². The minimum Gasteiger partial charge on any atom is -0.360 e. The molecule has 0 saturated heterocycles. The highest BCUT2D eigenvalue weighted by atomic mass is 32.1. The normalized spacial score (nSPS) is 11.1. The van der Waals surface area contributed by atoms with E-state index < -0.39 is 11.7 Å². The summed E-state index contributed by atoms with van der Waals surface area (Å²) in [5, 5.41) is 12.4. The van der Waals surface area contributed by atoms with Crippen LogP contribution >= 0.6 is 22.7 Å². The Bertz CT molecular complexity index is 1380. The smallest absolute Gasteiger partial charge is 0.298 e. The number of H-pyrrole nitrogens is 1. The van der Waals surface area contributed by atoms with E-state index in [1.54, 1.807) is 28.3 Å². The SMILES string of the molecule is Cc1cc(NC(=O)C(=O)c2c[nH]c3ccccc23)n(-c2nc(-c3cccs3)cs2)n1. The molecule has 0 aliphatic heterocycles. The molecule has 0 aliphatic carbocycles. The fourth-order valence-corrected chi connectivity index (χ4v) is 4.74. The zero-order valence-electron chi connectivity index (χ0n) is 15.7. The standard InChI is InChI=1S/C21H15N5O2S2/c1-12-9-18(26(25-12)21-23-16(11-30-21)17-7-4-8-29-17)24-20(28)19(27)14-10-22-15-6-3-2-5-13(14)15/h2-11,22H,1H3,(H,24,28). The number of carbonyl (C=O) groups excluding carboxylic acids is 2. The van der Waals surface area contributed by atoms with E-state index in [4.69, 9.17) is 0 Å². The summed E-state index contributed by atoms with van der Waals surface area (Å²) in [5.74, 6) is -0.940. The lowest BCUT2D eigenvalue weighted by molar-refractivity contribution is -0.112. The number of thiazole rings is 1. The summed E-state index contributed by atoms with van der Waals surface area (Å²) in [7, 11) is 0. The van der Waals surface area contributed by atoms with Gasteiger partial charge < -0.3 is 10.3 Å². The van der Waals surface area contributed by atoms with Crippen LogP contribution in [0.5, 0.6) is 0 Å². The molecule has 5 rings (SSSR count). The van der Waals surface area contributed by atoms with Gasteiger partial charge in [-0.25, -0.2) is 4.98 Å². The number of thiophene rings is 1. The first-order chi connectivity index (χ1) is 14.6. The molecule has 0 saturated carbocycles.